The summed E-state index contributed by atoms with van der Waals surface area (Å²) in [6.45, 7) is 10.1. The van der Waals surface area contributed by atoms with Gasteiger partial charge in [0.15, 0.2) is 5.82 Å². The van der Waals surface area contributed by atoms with Crippen LogP contribution in [0.4, 0.5) is 5.82 Å². The number of fused-ring (bicyclic) bond motifs is 1. The summed E-state index contributed by atoms with van der Waals surface area (Å²) >= 11 is 3.56. The lowest BCUT2D eigenvalue weighted by Crippen LogP contribution is -2.48. The Hall–Kier alpha value is -2.52. The molecule has 2 aliphatic rings. The third kappa shape index (κ3) is 3.06. The number of nitriles is 1. The molecular weight excluding hydrogens is 408 g/mol. The molecule has 8 heteroatoms. The van der Waals surface area contributed by atoms with E-state index < -0.39 is 6.04 Å². The van der Waals surface area contributed by atoms with E-state index in [0.29, 0.717) is 34.7 Å². The van der Waals surface area contributed by atoms with E-state index >= 15 is 0 Å². The van der Waals surface area contributed by atoms with Crippen molar-refractivity contribution in [3.63, 3.8) is 0 Å². The largest absolute Gasteiger partial charge is 0.369 e. The first-order valence-corrected chi connectivity index (χ1v) is 9.40. The number of aromatic nitrogens is 2. The number of hydrogen-bond acceptors (Lipinski definition) is 5. The van der Waals surface area contributed by atoms with Crippen molar-refractivity contribution in [2.75, 3.05) is 26.7 Å². The summed E-state index contributed by atoms with van der Waals surface area (Å²) in [5, 5.41) is 16.5. The number of likely N-dealkylation sites (N-methyl/N-ethyl adjacent to an activating group) is 1. The molecular formula is C19H17BrN6O. The number of nitrogens with zero attached hydrogens (tertiary/aromatic N) is 5. The fraction of sp³-hybridized carbons (Fsp3) is 0.368. The average Bonchev–Trinajstić information content (AvgIpc) is 3.15. The predicted octanol–water partition coefficient (Wildman–Crippen LogP) is 2.88. The van der Waals surface area contributed by atoms with Crippen molar-refractivity contribution in [3.8, 4) is 6.07 Å². The molecule has 2 aliphatic heterocycles. The van der Waals surface area contributed by atoms with Crippen LogP contribution in [0.15, 0.2) is 33.9 Å². The minimum absolute atomic E-state index is 0.236. The lowest BCUT2D eigenvalue weighted by atomic mass is 9.80. The van der Waals surface area contributed by atoms with Gasteiger partial charge in [-0.15, -0.1) is 0 Å². The summed E-state index contributed by atoms with van der Waals surface area (Å²) in [7, 11) is 2.04. The van der Waals surface area contributed by atoms with Crippen LogP contribution in [0, 0.1) is 17.9 Å². The summed E-state index contributed by atoms with van der Waals surface area (Å²) in [4.78, 5) is 10.8. The van der Waals surface area contributed by atoms with E-state index in [1.54, 1.807) is 12.3 Å². The van der Waals surface area contributed by atoms with Crippen LogP contribution >= 0.6 is 15.9 Å². The Balaban J connectivity index is 1.85. The van der Waals surface area contributed by atoms with E-state index in [-0.39, 0.29) is 12.0 Å². The maximum Gasteiger partial charge on any atom is 0.275 e. The number of halogens is 1. The van der Waals surface area contributed by atoms with Crippen LogP contribution in [0.5, 0.6) is 0 Å². The Morgan fingerprint density at radius 2 is 2.30 bits per heavy atom. The fourth-order valence-corrected chi connectivity index (χ4v) is 4.32. The molecule has 27 heavy (non-hydrogen) atoms. The van der Waals surface area contributed by atoms with Gasteiger partial charge in [-0.3, -0.25) is 5.10 Å². The SMILES string of the molecule is [C-]#[N+]C1C(C2CN(C)CCO2)=Nc2[nH]ncc2C1c1cccc(C#N)c1Br. The zero-order valence-corrected chi connectivity index (χ0v) is 16.3. The highest BCUT2D eigenvalue weighted by molar-refractivity contribution is 9.10. The first-order chi connectivity index (χ1) is 13.1. The van der Waals surface area contributed by atoms with Crippen LogP contribution in [0.1, 0.15) is 22.6 Å². The second-order valence-corrected chi connectivity index (χ2v) is 7.50. The van der Waals surface area contributed by atoms with E-state index in [1.807, 2.05) is 19.2 Å². The summed E-state index contributed by atoms with van der Waals surface area (Å²) < 4.78 is 6.67. The Kier molecular flexibility index (Phi) is 4.79. The highest BCUT2D eigenvalue weighted by Crippen LogP contribution is 2.43. The second kappa shape index (κ2) is 7.24. The number of aliphatic imine (C=N–C) groups is 1. The molecule has 0 aliphatic carbocycles. The Morgan fingerprint density at radius 3 is 3.04 bits per heavy atom. The molecule has 136 valence electrons. The maximum absolute atomic E-state index is 9.40. The molecule has 2 aromatic rings. The van der Waals surface area contributed by atoms with Crippen LogP contribution in [-0.4, -0.2) is 59.7 Å². The summed E-state index contributed by atoms with van der Waals surface area (Å²) in [6, 6.07) is 7.23. The van der Waals surface area contributed by atoms with Crippen molar-refractivity contribution in [3.05, 3.63) is 57.0 Å². The second-order valence-electron chi connectivity index (χ2n) is 6.70. The lowest BCUT2D eigenvalue weighted by Gasteiger charge is -2.34. The van der Waals surface area contributed by atoms with Crippen molar-refractivity contribution in [2.24, 2.45) is 4.99 Å². The van der Waals surface area contributed by atoms with Crippen LogP contribution < -0.4 is 0 Å². The molecule has 3 atom stereocenters. The molecule has 1 aromatic carbocycles. The number of ether oxygens (including phenoxy) is 1. The molecule has 7 nitrogen and oxygen atoms in total. The van der Waals surface area contributed by atoms with Gasteiger partial charge in [0.1, 0.15) is 17.9 Å². The predicted molar refractivity (Wildman–Crippen MR) is 104 cm³/mol. The molecule has 3 heterocycles. The van der Waals surface area contributed by atoms with Crippen LogP contribution in [0.3, 0.4) is 0 Å². The topological polar surface area (TPSA) is 81.7 Å². The lowest BCUT2D eigenvalue weighted by molar-refractivity contribution is 0.0160. The zero-order valence-electron chi connectivity index (χ0n) is 14.7. The van der Waals surface area contributed by atoms with Gasteiger partial charge in [-0.25, -0.2) is 11.6 Å². The van der Waals surface area contributed by atoms with Crippen molar-refractivity contribution in [2.45, 2.75) is 18.1 Å². The Labute approximate surface area is 165 Å². The molecule has 1 saturated heterocycles. The molecule has 0 bridgehead atoms. The smallest absolute Gasteiger partial charge is 0.275 e. The molecule has 0 radical (unpaired) electrons. The number of aromatic amines is 1. The van der Waals surface area contributed by atoms with E-state index in [4.69, 9.17) is 16.3 Å². The molecule has 0 amide bonds. The first-order valence-electron chi connectivity index (χ1n) is 8.61. The summed E-state index contributed by atoms with van der Waals surface area (Å²) in [5.41, 5.74) is 3.00. The monoisotopic (exact) mass is 424 g/mol. The number of H-pyrrole nitrogens is 1. The van der Waals surface area contributed by atoms with Crippen molar-refractivity contribution >= 4 is 27.5 Å². The minimum atomic E-state index is -0.517. The van der Waals surface area contributed by atoms with E-state index in [9.17, 15) is 5.26 Å². The van der Waals surface area contributed by atoms with E-state index in [2.05, 4.69) is 41.9 Å². The molecule has 4 rings (SSSR count). The van der Waals surface area contributed by atoms with Crippen molar-refractivity contribution < 1.29 is 4.74 Å². The molecule has 3 unspecified atom stereocenters. The number of hydrogen-bond donors (Lipinski definition) is 1. The van der Waals surface area contributed by atoms with Crippen LogP contribution in [0.25, 0.3) is 4.85 Å². The minimum Gasteiger partial charge on any atom is -0.369 e. The van der Waals surface area contributed by atoms with Gasteiger partial charge < -0.3 is 14.5 Å². The number of nitrogens with one attached hydrogen (secondary N) is 1. The van der Waals surface area contributed by atoms with Crippen LogP contribution in [0.2, 0.25) is 0 Å². The van der Waals surface area contributed by atoms with Gasteiger partial charge in [0.05, 0.1) is 24.3 Å². The van der Waals surface area contributed by atoms with Gasteiger partial charge in [-0.05, 0) is 34.6 Å². The highest BCUT2D eigenvalue weighted by atomic mass is 79.9. The summed E-state index contributed by atoms with van der Waals surface area (Å²) in [5.74, 6) is 0.378. The molecule has 1 aromatic heterocycles. The van der Waals surface area contributed by atoms with Crippen molar-refractivity contribution in [1.29, 1.82) is 5.26 Å². The maximum atomic E-state index is 9.40. The zero-order chi connectivity index (χ0) is 19.0. The van der Waals surface area contributed by atoms with E-state index in [1.165, 1.54) is 0 Å². The number of benzene rings is 1. The van der Waals surface area contributed by atoms with Gasteiger partial charge in [0, 0.05) is 23.1 Å². The fourth-order valence-electron chi connectivity index (χ4n) is 3.72. The van der Waals surface area contributed by atoms with Crippen molar-refractivity contribution in [1.82, 2.24) is 15.1 Å². The van der Waals surface area contributed by atoms with Gasteiger partial charge in [-0.1, -0.05) is 12.1 Å². The normalized spacial score (nSPS) is 25.2. The summed E-state index contributed by atoms with van der Waals surface area (Å²) in [6.07, 6.45) is 1.48. The molecule has 1 N–H and O–H groups in total. The van der Waals surface area contributed by atoms with Gasteiger partial charge in [0.25, 0.3) is 6.04 Å². The number of rotatable bonds is 2. The standard InChI is InChI=1S/C19H17BrN6O/c1-22-18-15(12-5-3-4-11(8-21)16(12)20)13-9-23-25-19(13)24-17(18)14-10-26(2)6-7-27-14/h3-5,9,14-15,18H,6-7,10H2,2H3,(H,23,25). The third-order valence-electron chi connectivity index (χ3n) is 5.06. The quantitative estimate of drug-likeness (QED) is 0.751. The Morgan fingerprint density at radius 1 is 1.44 bits per heavy atom. The molecule has 0 spiro atoms. The number of morpholine rings is 1. The average molecular weight is 425 g/mol. The first kappa shape index (κ1) is 17.9. The van der Waals surface area contributed by atoms with Gasteiger partial charge in [-0.2, -0.15) is 10.4 Å². The highest BCUT2D eigenvalue weighted by Gasteiger charge is 2.45. The van der Waals surface area contributed by atoms with Gasteiger partial charge in [0.2, 0.25) is 0 Å². The Bertz CT molecular complexity index is 985. The van der Waals surface area contributed by atoms with Gasteiger partial charge >= 0.3 is 0 Å². The third-order valence-corrected chi connectivity index (χ3v) is 5.95. The van der Waals surface area contributed by atoms with E-state index in [0.717, 1.165) is 17.7 Å². The molecule has 0 saturated carbocycles. The van der Waals surface area contributed by atoms with Crippen LogP contribution in [-0.2, 0) is 4.74 Å². The molecule has 1 fully saturated rings.